The van der Waals surface area contributed by atoms with Gasteiger partial charge in [-0.2, -0.15) is 0 Å². The Morgan fingerprint density at radius 1 is 1.58 bits per heavy atom. The molecule has 0 bridgehead atoms. The van der Waals surface area contributed by atoms with E-state index < -0.39 is 0 Å². The molecule has 0 saturated heterocycles. The summed E-state index contributed by atoms with van der Waals surface area (Å²) in [5.41, 5.74) is 1.42. The molecule has 0 aliphatic heterocycles. The molecule has 12 heavy (non-hydrogen) atoms. The van der Waals surface area contributed by atoms with Crippen molar-refractivity contribution in [2.75, 3.05) is 18.5 Å². The minimum atomic E-state index is -0.129. The molecule has 0 aliphatic carbocycles. The molecule has 0 unspecified atom stereocenters. The summed E-state index contributed by atoms with van der Waals surface area (Å²) < 4.78 is 0. The predicted octanol–water partition coefficient (Wildman–Crippen LogP) is 0.0875. The standard InChI is InChI=1S/C8H12N2O2/c1-6-4-7(9-2-3-11)5-8(12)10-6/h4-5,11H,2-3H2,1H3,(H2,9,10,12). The lowest BCUT2D eigenvalue weighted by molar-refractivity contribution is 0.311. The van der Waals surface area contributed by atoms with Crippen LogP contribution in [0.2, 0.25) is 0 Å². The van der Waals surface area contributed by atoms with Gasteiger partial charge in [0.2, 0.25) is 5.56 Å². The minimum absolute atomic E-state index is 0.0614. The Labute approximate surface area is 70.3 Å². The van der Waals surface area contributed by atoms with E-state index in [1.165, 1.54) is 6.07 Å². The van der Waals surface area contributed by atoms with Gasteiger partial charge < -0.3 is 15.4 Å². The van der Waals surface area contributed by atoms with Crippen LogP contribution in [-0.4, -0.2) is 23.2 Å². The molecule has 1 aromatic heterocycles. The molecular weight excluding hydrogens is 156 g/mol. The van der Waals surface area contributed by atoms with E-state index in [1.54, 1.807) is 0 Å². The molecule has 1 heterocycles. The number of aryl methyl sites for hydroxylation is 1. The smallest absolute Gasteiger partial charge is 0.250 e. The molecule has 3 N–H and O–H groups in total. The first-order valence-corrected chi connectivity index (χ1v) is 3.78. The number of aliphatic hydroxyl groups is 1. The Kier molecular flexibility index (Phi) is 2.88. The summed E-state index contributed by atoms with van der Waals surface area (Å²) in [6, 6.07) is 3.28. The molecule has 0 fully saturated rings. The van der Waals surface area contributed by atoms with Crippen molar-refractivity contribution in [1.82, 2.24) is 4.98 Å². The lowest BCUT2D eigenvalue weighted by Crippen LogP contribution is -2.11. The van der Waals surface area contributed by atoms with Gasteiger partial charge in [-0.3, -0.25) is 4.79 Å². The zero-order valence-corrected chi connectivity index (χ0v) is 6.92. The number of rotatable bonds is 3. The van der Waals surface area contributed by atoms with Crippen LogP contribution in [0.25, 0.3) is 0 Å². The van der Waals surface area contributed by atoms with Crippen LogP contribution in [-0.2, 0) is 0 Å². The van der Waals surface area contributed by atoms with Gasteiger partial charge >= 0.3 is 0 Å². The number of hydrogen-bond donors (Lipinski definition) is 3. The highest BCUT2D eigenvalue weighted by molar-refractivity contribution is 5.42. The maximum Gasteiger partial charge on any atom is 0.250 e. The van der Waals surface area contributed by atoms with Crippen LogP contribution in [0.1, 0.15) is 5.69 Å². The van der Waals surface area contributed by atoms with Crippen molar-refractivity contribution in [2.24, 2.45) is 0 Å². The molecule has 66 valence electrons. The normalized spacial score (nSPS) is 9.83. The van der Waals surface area contributed by atoms with Gasteiger partial charge in [-0.1, -0.05) is 0 Å². The van der Waals surface area contributed by atoms with E-state index in [4.69, 9.17) is 5.11 Å². The second-order valence-corrected chi connectivity index (χ2v) is 2.57. The van der Waals surface area contributed by atoms with Crippen LogP contribution in [0.3, 0.4) is 0 Å². The Bertz CT molecular complexity index is 306. The lowest BCUT2D eigenvalue weighted by Gasteiger charge is -2.03. The molecule has 0 amide bonds. The zero-order valence-electron chi connectivity index (χ0n) is 6.92. The molecular formula is C8H12N2O2. The van der Waals surface area contributed by atoms with Crippen molar-refractivity contribution in [2.45, 2.75) is 6.92 Å². The number of aromatic nitrogens is 1. The molecule has 0 atom stereocenters. The van der Waals surface area contributed by atoms with Crippen LogP contribution in [0.4, 0.5) is 5.69 Å². The van der Waals surface area contributed by atoms with Crippen molar-refractivity contribution in [3.8, 4) is 0 Å². The maximum atomic E-state index is 10.9. The summed E-state index contributed by atoms with van der Waals surface area (Å²) in [4.78, 5) is 13.5. The van der Waals surface area contributed by atoms with Gasteiger partial charge in [0.05, 0.1) is 6.61 Å². The first-order valence-electron chi connectivity index (χ1n) is 3.78. The molecule has 0 saturated carbocycles. The average molecular weight is 168 g/mol. The number of aliphatic hydroxyl groups excluding tert-OH is 1. The van der Waals surface area contributed by atoms with Crippen LogP contribution < -0.4 is 10.9 Å². The summed E-state index contributed by atoms with van der Waals surface area (Å²) in [6.45, 7) is 2.33. The molecule has 4 heteroatoms. The van der Waals surface area contributed by atoms with E-state index in [-0.39, 0.29) is 12.2 Å². The van der Waals surface area contributed by atoms with Gasteiger partial charge in [-0.25, -0.2) is 0 Å². The number of pyridine rings is 1. The fourth-order valence-corrected chi connectivity index (χ4v) is 0.985. The van der Waals surface area contributed by atoms with Gasteiger partial charge in [0, 0.05) is 24.0 Å². The lowest BCUT2D eigenvalue weighted by atomic mass is 10.3. The van der Waals surface area contributed by atoms with Gasteiger partial charge in [0.1, 0.15) is 0 Å². The van der Waals surface area contributed by atoms with E-state index >= 15 is 0 Å². The van der Waals surface area contributed by atoms with Gasteiger partial charge in [-0.15, -0.1) is 0 Å². The first-order chi connectivity index (χ1) is 5.72. The number of hydrogen-bond acceptors (Lipinski definition) is 3. The topological polar surface area (TPSA) is 65.1 Å². The molecule has 1 aromatic rings. The second kappa shape index (κ2) is 3.92. The Hall–Kier alpha value is -1.29. The SMILES string of the molecule is Cc1cc(NCCO)cc(=O)[nH]1. The molecule has 0 aliphatic rings. The van der Waals surface area contributed by atoms with Crippen LogP contribution >= 0.6 is 0 Å². The summed E-state index contributed by atoms with van der Waals surface area (Å²) >= 11 is 0. The third-order valence-electron chi connectivity index (χ3n) is 1.42. The Morgan fingerprint density at radius 3 is 2.92 bits per heavy atom. The first kappa shape index (κ1) is 8.80. The highest BCUT2D eigenvalue weighted by Crippen LogP contribution is 2.02. The fraction of sp³-hybridized carbons (Fsp3) is 0.375. The van der Waals surface area contributed by atoms with Crippen molar-refractivity contribution in [3.05, 3.63) is 28.2 Å². The molecule has 1 rings (SSSR count). The van der Waals surface area contributed by atoms with Crippen molar-refractivity contribution in [3.63, 3.8) is 0 Å². The Morgan fingerprint density at radius 2 is 2.33 bits per heavy atom. The van der Waals surface area contributed by atoms with Crippen molar-refractivity contribution in [1.29, 1.82) is 0 Å². The van der Waals surface area contributed by atoms with Crippen LogP contribution in [0, 0.1) is 6.92 Å². The molecule has 0 spiro atoms. The fourth-order valence-electron chi connectivity index (χ4n) is 0.985. The van der Waals surface area contributed by atoms with E-state index in [9.17, 15) is 4.79 Å². The van der Waals surface area contributed by atoms with Gasteiger partial charge in [-0.05, 0) is 13.0 Å². The highest BCUT2D eigenvalue weighted by atomic mass is 16.3. The van der Waals surface area contributed by atoms with Crippen LogP contribution in [0.15, 0.2) is 16.9 Å². The number of H-pyrrole nitrogens is 1. The summed E-state index contributed by atoms with van der Waals surface area (Å²) in [6.07, 6.45) is 0. The second-order valence-electron chi connectivity index (χ2n) is 2.57. The Balaban J connectivity index is 2.79. The molecule has 4 nitrogen and oxygen atoms in total. The summed E-state index contributed by atoms with van der Waals surface area (Å²) in [7, 11) is 0. The van der Waals surface area contributed by atoms with Gasteiger partial charge in [0.25, 0.3) is 0 Å². The van der Waals surface area contributed by atoms with E-state index in [0.29, 0.717) is 6.54 Å². The minimum Gasteiger partial charge on any atom is -0.395 e. The monoisotopic (exact) mass is 168 g/mol. The van der Waals surface area contributed by atoms with E-state index in [1.807, 2.05) is 13.0 Å². The number of anilines is 1. The number of nitrogens with one attached hydrogen (secondary N) is 2. The average Bonchev–Trinajstić information content (AvgIpc) is 1.99. The number of aromatic amines is 1. The third-order valence-corrected chi connectivity index (χ3v) is 1.42. The quantitative estimate of drug-likeness (QED) is 0.599. The molecule has 0 aromatic carbocycles. The van der Waals surface area contributed by atoms with Gasteiger partial charge in [0.15, 0.2) is 0 Å². The van der Waals surface area contributed by atoms with E-state index in [2.05, 4.69) is 10.3 Å². The summed E-state index contributed by atoms with van der Waals surface area (Å²) in [5, 5.41) is 11.4. The maximum absolute atomic E-state index is 10.9. The largest absolute Gasteiger partial charge is 0.395 e. The predicted molar refractivity (Wildman–Crippen MR) is 47.4 cm³/mol. The highest BCUT2D eigenvalue weighted by Gasteiger charge is 1.93. The van der Waals surface area contributed by atoms with Crippen LogP contribution in [0.5, 0.6) is 0 Å². The molecule has 0 radical (unpaired) electrons. The summed E-state index contributed by atoms with van der Waals surface area (Å²) in [5.74, 6) is 0. The zero-order chi connectivity index (χ0) is 8.97. The third kappa shape index (κ3) is 2.39. The van der Waals surface area contributed by atoms with Crippen molar-refractivity contribution >= 4 is 5.69 Å². The van der Waals surface area contributed by atoms with Crippen molar-refractivity contribution < 1.29 is 5.11 Å². The van der Waals surface area contributed by atoms with E-state index in [0.717, 1.165) is 11.4 Å².